The monoisotopic (exact) mass is 413 g/mol. The molecule has 2 fully saturated rings. The van der Waals surface area contributed by atoms with Crippen LogP contribution < -0.4 is 10.3 Å². The van der Waals surface area contributed by atoms with E-state index < -0.39 is 5.97 Å². The van der Waals surface area contributed by atoms with Crippen LogP contribution in [0, 0.1) is 17.3 Å². The van der Waals surface area contributed by atoms with Gasteiger partial charge in [-0.05, 0) is 43.1 Å². The number of hydrogen-bond acceptors (Lipinski definition) is 5. The number of carbonyl (C=O) groups is 1. The maximum Gasteiger partial charge on any atom is 0.303 e. The molecule has 2 aliphatic carbocycles. The molecule has 6 heteroatoms. The van der Waals surface area contributed by atoms with Gasteiger partial charge in [0, 0.05) is 5.92 Å². The second-order valence-corrected chi connectivity index (χ2v) is 9.43. The summed E-state index contributed by atoms with van der Waals surface area (Å²) in [7, 11) is 0. The van der Waals surface area contributed by atoms with Crippen LogP contribution in [0.5, 0.6) is 5.75 Å². The van der Waals surface area contributed by atoms with E-state index in [1.807, 2.05) is 0 Å². The van der Waals surface area contributed by atoms with Crippen molar-refractivity contribution in [2.75, 3.05) is 0 Å². The summed E-state index contributed by atoms with van der Waals surface area (Å²) in [4.78, 5) is 26.4. The summed E-state index contributed by atoms with van der Waals surface area (Å²) >= 11 is 0. The number of nitrogens with zero attached hydrogens (tertiary/aromatic N) is 2. The SMILES string of the molecule is O=C(O)CC1(C2CCCCCCC2)CCCCCCC1C1=Cc2ncncc2ON1. The normalized spacial score (nSPS) is 28.4. The van der Waals surface area contributed by atoms with Crippen molar-refractivity contribution in [1.82, 2.24) is 15.4 Å². The van der Waals surface area contributed by atoms with Crippen LogP contribution in [-0.2, 0) is 4.79 Å². The number of hydroxylamine groups is 1. The van der Waals surface area contributed by atoms with E-state index in [4.69, 9.17) is 4.84 Å². The molecular formula is C24H35N3O3. The second kappa shape index (κ2) is 9.80. The molecule has 0 amide bonds. The lowest BCUT2D eigenvalue weighted by Crippen LogP contribution is -2.45. The molecule has 2 unspecified atom stereocenters. The lowest BCUT2D eigenvalue weighted by molar-refractivity contribution is -0.143. The van der Waals surface area contributed by atoms with Gasteiger partial charge in [-0.2, -0.15) is 0 Å². The van der Waals surface area contributed by atoms with Gasteiger partial charge < -0.3 is 9.94 Å². The van der Waals surface area contributed by atoms with Crippen LogP contribution in [0.25, 0.3) is 6.08 Å². The standard InChI is InChI=1S/C24H35N3O3/c28-23(29)15-24(18-10-6-2-1-3-7-11-18)13-9-5-4-8-12-19(24)20-14-21-22(30-27-20)16-25-17-26-21/h14,16-19,27H,1-13,15H2,(H,28,29). The molecule has 0 bridgehead atoms. The number of aromatic nitrogens is 2. The Bertz CT molecular complexity index is 758. The molecule has 0 spiro atoms. The van der Waals surface area contributed by atoms with Crippen molar-refractivity contribution >= 4 is 12.0 Å². The van der Waals surface area contributed by atoms with E-state index in [1.54, 1.807) is 12.5 Å². The highest BCUT2D eigenvalue weighted by atomic mass is 16.6. The number of carboxylic acids is 1. The van der Waals surface area contributed by atoms with Gasteiger partial charge in [0.1, 0.15) is 12.0 Å². The predicted octanol–water partition coefficient (Wildman–Crippen LogP) is 5.51. The average Bonchev–Trinajstić information content (AvgIpc) is 2.70. The smallest absolute Gasteiger partial charge is 0.303 e. The quantitative estimate of drug-likeness (QED) is 0.677. The topological polar surface area (TPSA) is 84.3 Å². The third kappa shape index (κ3) is 4.62. The largest absolute Gasteiger partial charge is 0.481 e. The van der Waals surface area contributed by atoms with E-state index >= 15 is 0 Å². The molecule has 1 aromatic rings. The van der Waals surface area contributed by atoms with Crippen molar-refractivity contribution in [1.29, 1.82) is 0 Å². The zero-order valence-corrected chi connectivity index (χ0v) is 17.9. The summed E-state index contributed by atoms with van der Waals surface area (Å²) in [6.07, 6.45) is 20.8. The Hall–Kier alpha value is -2.11. The van der Waals surface area contributed by atoms with Gasteiger partial charge in [-0.3, -0.25) is 4.79 Å². The van der Waals surface area contributed by atoms with Crippen LogP contribution in [0.15, 0.2) is 18.2 Å². The summed E-state index contributed by atoms with van der Waals surface area (Å²) in [6, 6.07) is 0. The summed E-state index contributed by atoms with van der Waals surface area (Å²) in [5, 5.41) is 10.0. The number of fused-ring (bicyclic) bond motifs is 1. The number of carboxylic acid groups (broad SMARTS) is 1. The van der Waals surface area contributed by atoms with Crippen LogP contribution in [0.3, 0.4) is 0 Å². The molecule has 1 aliphatic heterocycles. The summed E-state index contributed by atoms with van der Waals surface area (Å²) in [5.41, 5.74) is 4.74. The van der Waals surface area contributed by atoms with Gasteiger partial charge in [0.2, 0.25) is 0 Å². The van der Waals surface area contributed by atoms with Gasteiger partial charge in [-0.15, -0.1) is 0 Å². The van der Waals surface area contributed by atoms with Crippen LogP contribution in [0.4, 0.5) is 0 Å². The van der Waals surface area contributed by atoms with Crippen LogP contribution in [0.1, 0.15) is 95.6 Å². The van der Waals surface area contributed by atoms with Gasteiger partial charge in [0.05, 0.1) is 18.3 Å². The lowest BCUT2D eigenvalue weighted by atomic mass is 9.56. The highest BCUT2D eigenvalue weighted by molar-refractivity contribution is 5.68. The number of rotatable bonds is 4. The maximum atomic E-state index is 12.2. The van der Waals surface area contributed by atoms with Crippen molar-refractivity contribution < 1.29 is 14.7 Å². The Balaban J connectivity index is 1.74. The molecular weight excluding hydrogens is 378 g/mol. The molecule has 2 heterocycles. The number of allylic oxidation sites excluding steroid dienone is 1. The molecule has 6 nitrogen and oxygen atoms in total. The molecule has 0 aromatic carbocycles. The first-order valence-electron chi connectivity index (χ1n) is 11.9. The van der Waals surface area contributed by atoms with Gasteiger partial charge in [0.15, 0.2) is 5.75 Å². The maximum absolute atomic E-state index is 12.2. The highest BCUT2D eigenvalue weighted by Gasteiger charge is 2.48. The van der Waals surface area contributed by atoms with Crippen molar-refractivity contribution in [3.05, 3.63) is 23.9 Å². The first kappa shape index (κ1) is 21.1. The average molecular weight is 414 g/mol. The fourth-order valence-corrected chi connectivity index (χ4v) is 6.22. The van der Waals surface area contributed by atoms with Crippen LogP contribution in [-0.4, -0.2) is 21.0 Å². The third-order valence-electron chi connectivity index (χ3n) is 7.63. The molecule has 0 radical (unpaired) electrons. The van der Waals surface area contributed by atoms with Crippen LogP contribution >= 0.6 is 0 Å². The van der Waals surface area contributed by atoms with Crippen molar-refractivity contribution in [3.63, 3.8) is 0 Å². The van der Waals surface area contributed by atoms with Gasteiger partial charge in [-0.25, -0.2) is 15.4 Å². The van der Waals surface area contributed by atoms with Gasteiger partial charge in [-0.1, -0.05) is 57.8 Å². The Kier molecular flexibility index (Phi) is 6.90. The molecule has 3 aliphatic rings. The molecule has 2 atom stereocenters. The minimum atomic E-state index is -0.664. The lowest BCUT2D eigenvalue weighted by Gasteiger charge is -2.49. The summed E-state index contributed by atoms with van der Waals surface area (Å²) < 4.78 is 0. The second-order valence-electron chi connectivity index (χ2n) is 9.43. The highest BCUT2D eigenvalue weighted by Crippen LogP contribution is 2.54. The van der Waals surface area contributed by atoms with E-state index in [9.17, 15) is 9.90 Å². The van der Waals surface area contributed by atoms with Crippen LogP contribution in [0.2, 0.25) is 0 Å². The van der Waals surface area contributed by atoms with Gasteiger partial charge >= 0.3 is 5.97 Å². The molecule has 164 valence electrons. The Morgan fingerprint density at radius 1 is 1.07 bits per heavy atom. The van der Waals surface area contributed by atoms with Crippen molar-refractivity contribution in [3.8, 4) is 5.75 Å². The fourth-order valence-electron chi connectivity index (χ4n) is 6.22. The number of aliphatic carboxylic acids is 1. The van der Waals surface area contributed by atoms with Crippen molar-refractivity contribution in [2.24, 2.45) is 17.3 Å². The Morgan fingerprint density at radius 2 is 1.77 bits per heavy atom. The predicted molar refractivity (Wildman–Crippen MR) is 115 cm³/mol. The molecule has 4 rings (SSSR count). The molecule has 2 N–H and O–H groups in total. The minimum Gasteiger partial charge on any atom is -0.481 e. The third-order valence-corrected chi connectivity index (χ3v) is 7.63. The van der Waals surface area contributed by atoms with E-state index in [2.05, 4.69) is 21.5 Å². The van der Waals surface area contributed by atoms with E-state index in [0.29, 0.717) is 11.7 Å². The zero-order valence-electron chi connectivity index (χ0n) is 17.9. The first-order valence-corrected chi connectivity index (χ1v) is 11.9. The summed E-state index contributed by atoms with van der Waals surface area (Å²) in [6.45, 7) is 0. The van der Waals surface area contributed by atoms with Gasteiger partial charge in [0.25, 0.3) is 0 Å². The molecule has 0 saturated heterocycles. The minimum absolute atomic E-state index is 0.154. The van der Waals surface area contributed by atoms with Crippen molar-refractivity contribution in [2.45, 2.75) is 89.9 Å². The fraction of sp³-hybridized carbons (Fsp3) is 0.708. The molecule has 1 aromatic heterocycles. The first-order chi connectivity index (χ1) is 14.7. The zero-order chi connectivity index (χ0) is 20.8. The number of nitrogens with one attached hydrogen (secondary N) is 1. The van der Waals surface area contributed by atoms with E-state index in [-0.39, 0.29) is 17.8 Å². The van der Waals surface area contributed by atoms with E-state index in [1.165, 1.54) is 44.9 Å². The Labute approximate surface area is 179 Å². The summed E-state index contributed by atoms with van der Waals surface area (Å²) in [5.74, 6) is 0.567. The number of hydrogen-bond donors (Lipinski definition) is 2. The van der Waals surface area contributed by atoms with E-state index in [0.717, 1.165) is 49.9 Å². The Morgan fingerprint density at radius 3 is 2.53 bits per heavy atom. The molecule has 30 heavy (non-hydrogen) atoms. The molecule has 2 saturated carbocycles.